The van der Waals surface area contributed by atoms with Crippen molar-refractivity contribution in [3.8, 4) is 11.3 Å². The Balaban J connectivity index is 1.50. The first kappa shape index (κ1) is 25.4. The van der Waals surface area contributed by atoms with Crippen molar-refractivity contribution < 1.29 is 14.4 Å². The molecule has 0 bridgehead atoms. The average molecular weight is 500 g/mol. The van der Waals surface area contributed by atoms with Gasteiger partial charge in [-0.05, 0) is 42.0 Å². The van der Waals surface area contributed by atoms with Crippen LogP contribution < -0.4 is 10.6 Å². The molecule has 4 amide bonds. The predicted molar refractivity (Wildman–Crippen MR) is 142 cm³/mol. The normalized spacial score (nSPS) is 10.7. The summed E-state index contributed by atoms with van der Waals surface area (Å²) in [6.07, 6.45) is 1.55. The lowest BCUT2D eigenvalue weighted by Crippen LogP contribution is -2.27. The molecule has 0 aliphatic carbocycles. The topological polar surface area (TPSA) is 112 Å². The van der Waals surface area contributed by atoms with Crippen LogP contribution in [0.3, 0.4) is 0 Å². The summed E-state index contributed by atoms with van der Waals surface area (Å²) >= 11 is 0. The number of benzene rings is 2. The highest BCUT2D eigenvalue weighted by Crippen LogP contribution is 2.26. The van der Waals surface area contributed by atoms with Crippen molar-refractivity contribution >= 4 is 34.4 Å². The van der Waals surface area contributed by atoms with Crippen LogP contribution in [-0.2, 0) is 13.6 Å². The van der Waals surface area contributed by atoms with Crippen LogP contribution in [0.15, 0.2) is 60.8 Å². The van der Waals surface area contributed by atoms with Crippen molar-refractivity contribution in [2.24, 2.45) is 7.05 Å². The smallest absolute Gasteiger partial charge is 0.321 e. The summed E-state index contributed by atoms with van der Waals surface area (Å²) in [5.74, 6) is -0.415. The van der Waals surface area contributed by atoms with Crippen LogP contribution in [0.5, 0.6) is 0 Å². The molecule has 0 radical (unpaired) electrons. The summed E-state index contributed by atoms with van der Waals surface area (Å²) in [5.41, 5.74) is 4.69. The second kappa shape index (κ2) is 10.5. The van der Waals surface area contributed by atoms with E-state index in [1.807, 2.05) is 30.3 Å². The Kier molecular flexibility index (Phi) is 7.19. The fourth-order valence-corrected chi connectivity index (χ4v) is 3.75. The third kappa shape index (κ3) is 5.58. The maximum Gasteiger partial charge on any atom is 0.321 e. The minimum atomic E-state index is -0.298. The zero-order valence-electron chi connectivity index (χ0n) is 21.4. The lowest BCUT2D eigenvalue weighted by Gasteiger charge is -2.12. The lowest BCUT2D eigenvalue weighted by atomic mass is 10.1. The molecule has 0 saturated heterocycles. The minimum absolute atomic E-state index is 0.117. The van der Waals surface area contributed by atoms with Gasteiger partial charge in [0.2, 0.25) is 0 Å². The summed E-state index contributed by atoms with van der Waals surface area (Å²) in [5, 5.41) is 10.8. The Morgan fingerprint density at radius 3 is 2.27 bits per heavy atom. The predicted octanol–water partition coefficient (Wildman–Crippen LogP) is 3.36. The Bertz CT molecular complexity index is 1460. The van der Waals surface area contributed by atoms with E-state index >= 15 is 0 Å². The number of carbonyl (C=O) groups is 3. The number of nitrogens with zero attached hydrogens (tertiary/aromatic N) is 5. The molecule has 4 rings (SSSR count). The van der Waals surface area contributed by atoms with E-state index in [0.29, 0.717) is 34.6 Å². The molecule has 0 atom stereocenters. The second-order valence-corrected chi connectivity index (χ2v) is 9.04. The van der Waals surface area contributed by atoms with E-state index in [0.717, 1.165) is 16.6 Å². The molecule has 0 aliphatic heterocycles. The average Bonchev–Trinajstić information content (AvgIpc) is 3.23. The van der Waals surface area contributed by atoms with Crippen molar-refractivity contribution in [1.82, 2.24) is 29.9 Å². The molecule has 0 aliphatic rings. The Hall–Kier alpha value is -4.73. The number of fused-ring (bicyclic) bond motifs is 1. The highest BCUT2D eigenvalue weighted by molar-refractivity contribution is 6.05. The number of urea groups is 1. The van der Waals surface area contributed by atoms with Gasteiger partial charge in [0.15, 0.2) is 5.69 Å². The number of hydrogen-bond donors (Lipinski definition) is 2. The number of aryl methyl sites for hydroxylation is 1. The highest BCUT2D eigenvalue weighted by atomic mass is 16.2. The molecule has 10 nitrogen and oxygen atoms in total. The molecule has 37 heavy (non-hydrogen) atoms. The van der Waals surface area contributed by atoms with Gasteiger partial charge < -0.3 is 20.4 Å². The summed E-state index contributed by atoms with van der Waals surface area (Å²) in [6, 6.07) is 16.3. The fourth-order valence-electron chi connectivity index (χ4n) is 3.75. The Morgan fingerprint density at radius 2 is 1.65 bits per heavy atom. The second-order valence-electron chi connectivity index (χ2n) is 9.04. The molecule has 10 heteroatoms. The van der Waals surface area contributed by atoms with E-state index in [4.69, 9.17) is 0 Å². The van der Waals surface area contributed by atoms with E-state index in [-0.39, 0.29) is 17.8 Å². The number of amides is 4. The maximum absolute atomic E-state index is 13.1. The zero-order valence-corrected chi connectivity index (χ0v) is 21.4. The first-order valence-corrected chi connectivity index (χ1v) is 11.6. The van der Waals surface area contributed by atoms with E-state index < -0.39 is 0 Å². The summed E-state index contributed by atoms with van der Waals surface area (Å²) in [6.45, 7) is 0.307. The van der Waals surface area contributed by atoms with Crippen molar-refractivity contribution in [3.05, 3.63) is 77.6 Å². The number of hydrogen-bond acceptors (Lipinski definition) is 5. The first-order chi connectivity index (χ1) is 17.6. The maximum atomic E-state index is 13.1. The molecule has 2 N–H and O–H groups in total. The molecule has 190 valence electrons. The third-order valence-corrected chi connectivity index (χ3v) is 5.84. The fraction of sp³-hybridized carbons (Fsp3) is 0.222. The van der Waals surface area contributed by atoms with Crippen molar-refractivity contribution in [2.75, 3.05) is 33.5 Å². The molecule has 0 saturated carbocycles. The van der Waals surface area contributed by atoms with E-state index in [1.165, 1.54) is 9.80 Å². The summed E-state index contributed by atoms with van der Waals surface area (Å²) < 4.78 is 1.67. The van der Waals surface area contributed by atoms with Crippen LogP contribution in [-0.4, -0.2) is 70.6 Å². The van der Waals surface area contributed by atoms with Crippen molar-refractivity contribution in [1.29, 1.82) is 0 Å². The first-order valence-electron chi connectivity index (χ1n) is 11.6. The van der Waals surface area contributed by atoms with E-state index in [1.54, 1.807) is 70.4 Å². The number of aromatic nitrogens is 3. The minimum Gasteiger partial charge on any atom is -0.347 e. The standard InChI is InChI=1S/C27H29N7O3/c1-32(2)26(36)19-8-12-22(28-16-19)18-9-13-23-21(14-18)24(31-34(23)5)25(35)29-15-17-6-10-20(11-7-17)30-27(37)33(3)4/h6-14,16H,15H2,1-5H3,(H,29,35)(H,30,37). The lowest BCUT2D eigenvalue weighted by molar-refractivity contribution is 0.0826. The van der Waals surface area contributed by atoms with Gasteiger partial charge >= 0.3 is 6.03 Å². The molecule has 2 aromatic heterocycles. The summed E-state index contributed by atoms with van der Waals surface area (Å²) in [4.78, 5) is 44.4. The van der Waals surface area contributed by atoms with Crippen LogP contribution in [0.25, 0.3) is 22.2 Å². The number of pyridine rings is 1. The van der Waals surface area contributed by atoms with Gasteiger partial charge in [-0.15, -0.1) is 0 Å². The van der Waals surface area contributed by atoms with Crippen LogP contribution in [0.2, 0.25) is 0 Å². The van der Waals surface area contributed by atoms with Crippen LogP contribution in [0.1, 0.15) is 26.4 Å². The highest BCUT2D eigenvalue weighted by Gasteiger charge is 2.17. The molecule has 0 unspecified atom stereocenters. The van der Waals surface area contributed by atoms with Gasteiger partial charge in [0.05, 0.1) is 16.8 Å². The molecule has 0 spiro atoms. The number of anilines is 1. The van der Waals surface area contributed by atoms with Crippen molar-refractivity contribution in [3.63, 3.8) is 0 Å². The largest absolute Gasteiger partial charge is 0.347 e. The van der Waals surface area contributed by atoms with Crippen LogP contribution >= 0.6 is 0 Å². The SMILES string of the molecule is CN(C)C(=O)Nc1ccc(CNC(=O)c2nn(C)c3ccc(-c4ccc(C(=O)N(C)C)cn4)cc23)cc1. The summed E-state index contributed by atoms with van der Waals surface area (Å²) in [7, 11) is 8.52. The zero-order chi connectivity index (χ0) is 26.7. The van der Waals surface area contributed by atoms with Gasteiger partial charge in [0.25, 0.3) is 11.8 Å². The molecule has 4 aromatic rings. The molecule has 2 heterocycles. The number of carbonyl (C=O) groups excluding carboxylic acids is 3. The number of nitrogens with one attached hydrogen (secondary N) is 2. The quantitative estimate of drug-likeness (QED) is 0.423. The third-order valence-electron chi connectivity index (χ3n) is 5.84. The van der Waals surface area contributed by atoms with Gasteiger partial charge in [0.1, 0.15) is 0 Å². The van der Waals surface area contributed by atoms with Crippen LogP contribution in [0, 0.1) is 0 Å². The monoisotopic (exact) mass is 499 g/mol. The Labute approximate surface area is 214 Å². The van der Waals surface area contributed by atoms with Crippen molar-refractivity contribution in [2.45, 2.75) is 6.54 Å². The van der Waals surface area contributed by atoms with E-state index in [2.05, 4.69) is 20.7 Å². The molecular formula is C27H29N7O3. The van der Waals surface area contributed by atoms with Gasteiger partial charge in [-0.25, -0.2) is 4.79 Å². The molecule has 0 fully saturated rings. The molecular weight excluding hydrogens is 470 g/mol. The number of rotatable bonds is 6. The molecule has 2 aromatic carbocycles. The van der Waals surface area contributed by atoms with E-state index in [9.17, 15) is 14.4 Å². The van der Waals surface area contributed by atoms with Crippen LogP contribution in [0.4, 0.5) is 10.5 Å². The van der Waals surface area contributed by atoms with Gasteiger partial charge in [0, 0.05) is 64.6 Å². The van der Waals surface area contributed by atoms with Gasteiger partial charge in [-0.2, -0.15) is 5.10 Å². The Morgan fingerprint density at radius 1 is 0.919 bits per heavy atom. The van der Waals surface area contributed by atoms with Gasteiger partial charge in [-0.1, -0.05) is 18.2 Å². The van der Waals surface area contributed by atoms with Gasteiger partial charge in [-0.3, -0.25) is 19.3 Å².